The van der Waals surface area contributed by atoms with E-state index in [4.69, 9.17) is 4.42 Å². The Hall–Kier alpha value is -8.16. The summed E-state index contributed by atoms with van der Waals surface area (Å²) in [6.45, 7) is 13.6. The van der Waals surface area contributed by atoms with E-state index in [1.54, 1.807) is 0 Å². The SMILES string of the molecule is CC(C)(C)c1ccc(N2B3c4cc5c(-c6ccccc6)sc(-c6ccccc6)c5cc4N(c4ccc(C(C)(C)C)cc4-c4ccccc4)c4c3c(cc3c4oc4ccccc43)-c3cc4c(cc32)sc2ccccc24)cc1. The summed E-state index contributed by atoms with van der Waals surface area (Å²) in [5.74, 6) is 0. The Morgan fingerprint density at radius 1 is 0.408 bits per heavy atom. The zero-order chi connectivity index (χ0) is 51.2. The number of furan rings is 1. The average molecular weight is 1010 g/mol. The van der Waals surface area contributed by atoms with Gasteiger partial charge in [-0.25, -0.2) is 0 Å². The number of thiophene rings is 2. The summed E-state index contributed by atoms with van der Waals surface area (Å²) < 4.78 is 9.98. The molecule has 13 aromatic rings. The molecule has 3 nitrogen and oxygen atoms in total. The normalized spacial score (nSPS) is 13.3. The Balaban J connectivity index is 1.15. The van der Waals surface area contributed by atoms with Crippen LogP contribution in [0.1, 0.15) is 52.7 Å². The fraction of sp³-hybridized carbons (Fsp3) is 0.114. The first-order valence-corrected chi connectivity index (χ1v) is 28.1. The molecule has 364 valence electrons. The first-order valence-electron chi connectivity index (χ1n) is 26.5. The van der Waals surface area contributed by atoms with E-state index in [-0.39, 0.29) is 17.7 Å². The molecule has 5 heterocycles. The molecule has 2 aliphatic rings. The van der Waals surface area contributed by atoms with Gasteiger partial charge in [0.25, 0.3) is 0 Å². The van der Waals surface area contributed by atoms with Crippen molar-refractivity contribution < 1.29 is 4.42 Å². The molecule has 0 spiro atoms. The second-order valence-corrected chi connectivity index (χ2v) is 24.9. The first-order chi connectivity index (χ1) is 37.0. The molecular formula is C70H53BN2OS2. The van der Waals surface area contributed by atoms with Crippen LogP contribution in [-0.2, 0) is 10.8 Å². The molecular weight excluding hydrogens is 960 g/mol. The predicted octanol–water partition coefficient (Wildman–Crippen LogP) is 19.5. The third kappa shape index (κ3) is 6.86. The zero-order valence-corrected chi connectivity index (χ0v) is 45.0. The molecule has 15 rings (SSSR count). The maximum atomic E-state index is 7.40. The predicted molar refractivity (Wildman–Crippen MR) is 329 cm³/mol. The van der Waals surface area contributed by atoms with Gasteiger partial charge in [0.15, 0.2) is 5.58 Å². The van der Waals surface area contributed by atoms with E-state index in [1.807, 2.05) is 22.7 Å². The van der Waals surface area contributed by atoms with Crippen LogP contribution in [0.5, 0.6) is 0 Å². The number of hydrogen-bond acceptors (Lipinski definition) is 5. The minimum Gasteiger partial charge on any atom is -0.454 e. The van der Waals surface area contributed by atoms with Crippen molar-refractivity contribution in [2.75, 3.05) is 9.71 Å². The summed E-state index contributed by atoms with van der Waals surface area (Å²) in [6.07, 6.45) is 0. The van der Waals surface area contributed by atoms with Gasteiger partial charge in [-0.15, -0.1) is 22.7 Å². The lowest BCUT2D eigenvalue weighted by molar-refractivity contribution is 0.590. The highest BCUT2D eigenvalue weighted by molar-refractivity contribution is 7.26. The average Bonchev–Trinajstić information content (AvgIpc) is 4.14. The molecule has 0 unspecified atom stereocenters. The van der Waals surface area contributed by atoms with Crippen molar-refractivity contribution in [3.63, 3.8) is 0 Å². The van der Waals surface area contributed by atoms with E-state index in [9.17, 15) is 0 Å². The molecule has 0 radical (unpaired) electrons. The van der Waals surface area contributed by atoms with Crippen LogP contribution in [0, 0.1) is 0 Å². The summed E-state index contributed by atoms with van der Waals surface area (Å²) in [4.78, 5) is 7.82. The lowest BCUT2D eigenvalue weighted by Gasteiger charge is -2.46. The number of nitrogens with zero attached hydrogens (tertiary/aromatic N) is 2. The summed E-state index contributed by atoms with van der Waals surface area (Å²) in [5.41, 5.74) is 19.7. The van der Waals surface area contributed by atoms with E-state index in [1.165, 1.54) is 102 Å². The second-order valence-electron chi connectivity index (χ2n) is 22.8. The van der Waals surface area contributed by atoms with Crippen molar-refractivity contribution in [3.05, 3.63) is 223 Å². The molecule has 76 heavy (non-hydrogen) atoms. The Morgan fingerprint density at radius 3 is 1.68 bits per heavy atom. The largest absolute Gasteiger partial charge is 0.454 e. The topological polar surface area (TPSA) is 19.6 Å². The van der Waals surface area contributed by atoms with Crippen molar-refractivity contribution in [2.45, 2.75) is 52.4 Å². The molecule has 0 saturated heterocycles. The Morgan fingerprint density at radius 2 is 1.00 bits per heavy atom. The number of rotatable bonds is 5. The van der Waals surface area contributed by atoms with Crippen LogP contribution in [0.4, 0.5) is 28.4 Å². The number of para-hydroxylation sites is 1. The lowest BCUT2D eigenvalue weighted by Crippen LogP contribution is -2.61. The third-order valence-corrected chi connectivity index (χ3v) is 18.6. The number of fused-ring (bicyclic) bond motifs is 12. The van der Waals surface area contributed by atoms with Crippen molar-refractivity contribution in [2.24, 2.45) is 0 Å². The second kappa shape index (κ2) is 16.7. The fourth-order valence-electron chi connectivity index (χ4n) is 12.4. The Labute approximate surface area is 452 Å². The van der Waals surface area contributed by atoms with Crippen molar-refractivity contribution in [1.82, 2.24) is 0 Å². The van der Waals surface area contributed by atoms with Gasteiger partial charge in [0.1, 0.15) is 5.58 Å². The third-order valence-electron chi connectivity index (χ3n) is 16.2. The van der Waals surface area contributed by atoms with Gasteiger partial charge in [0, 0.05) is 79.7 Å². The molecule has 0 amide bonds. The van der Waals surface area contributed by atoms with Crippen molar-refractivity contribution >= 4 is 122 Å². The molecule has 0 atom stereocenters. The first kappa shape index (κ1) is 45.3. The summed E-state index contributed by atoms with van der Waals surface area (Å²) >= 11 is 3.79. The summed E-state index contributed by atoms with van der Waals surface area (Å²) in [7, 11) is 0. The molecule has 0 aliphatic carbocycles. The minimum absolute atomic E-state index is 0.0139. The van der Waals surface area contributed by atoms with Gasteiger partial charge < -0.3 is 14.1 Å². The standard InChI is InChI=1S/C70H53BN2OS2/c1-69(2,3)45-30-33-47(34-31-45)73-59-41-63-52(49-27-17-19-29-62(49)75-63)37-51(59)53-38-54-48-26-16-18-28-61(48)74-66(54)65-64(53)71(73)57-39-55-56(68(44-24-14-9-15-25-44)76-67(55)43-22-12-8-13-23-43)40-60(57)72(65)58-35-32-46(70(4,5)6)36-50(58)42-20-10-7-11-21-42/h7-41H,1-6H3. The maximum absolute atomic E-state index is 7.40. The molecule has 3 aromatic heterocycles. The molecule has 0 fully saturated rings. The van der Waals surface area contributed by atoms with Gasteiger partial charge >= 0.3 is 6.85 Å². The van der Waals surface area contributed by atoms with Gasteiger partial charge in [-0.2, -0.15) is 0 Å². The van der Waals surface area contributed by atoms with Crippen LogP contribution < -0.4 is 20.6 Å². The molecule has 0 N–H and O–H groups in total. The quantitative estimate of drug-likeness (QED) is 0.160. The van der Waals surface area contributed by atoms with E-state index >= 15 is 0 Å². The number of hydrogen-bond donors (Lipinski definition) is 0. The minimum atomic E-state index is -0.254. The van der Waals surface area contributed by atoms with Crippen LogP contribution in [0.2, 0.25) is 0 Å². The smallest absolute Gasteiger partial charge is 0.333 e. The van der Waals surface area contributed by atoms with E-state index in [2.05, 4.69) is 264 Å². The summed E-state index contributed by atoms with van der Waals surface area (Å²) in [6, 6.07) is 79.8. The van der Waals surface area contributed by atoms with Gasteiger partial charge in [0.2, 0.25) is 0 Å². The van der Waals surface area contributed by atoms with E-state index < -0.39 is 0 Å². The van der Waals surface area contributed by atoms with Gasteiger partial charge in [-0.3, -0.25) is 0 Å². The van der Waals surface area contributed by atoms with E-state index in [0.717, 1.165) is 44.7 Å². The van der Waals surface area contributed by atoms with Crippen LogP contribution in [0.3, 0.4) is 0 Å². The Kier molecular flexibility index (Phi) is 9.93. The lowest BCUT2D eigenvalue weighted by atomic mass is 9.43. The molecule has 0 bridgehead atoms. The van der Waals surface area contributed by atoms with Gasteiger partial charge in [-0.05, 0) is 116 Å². The molecule has 10 aromatic carbocycles. The number of anilines is 5. The Bertz CT molecular complexity index is 4480. The highest BCUT2D eigenvalue weighted by Crippen LogP contribution is 2.55. The molecule has 0 saturated carbocycles. The highest BCUT2D eigenvalue weighted by atomic mass is 32.1. The van der Waals surface area contributed by atoms with Crippen LogP contribution in [0.15, 0.2) is 217 Å². The van der Waals surface area contributed by atoms with Crippen LogP contribution >= 0.6 is 22.7 Å². The fourth-order valence-corrected chi connectivity index (χ4v) is 14.7. The summed E-state index contributed by atoms with van der Waals surface area (Å²) in [5, 5.41) is 7.28. The van der Waals surface area contributed by atoms with Gasteiger partial charge in [-0.1, -0.05) is 193 Å². The monoisotopic (exact) mass is 1010 g/mol. The van der Waals surface area contributed by atoms with Crippen LogP contribution in [0.25, 0.3) is 96.0 Å². The number of benzene rings is 10. The molecule has 2 aliphatic heterocycles. The van der Waals surface area contributed by atoms with Crippen LogP contribution in [-0.4, -0.2) is 6.85 Å². The zero-order valence-electron chi connectivity index (χ0n) is 43.4. The maximum Gasteiger partial charge on any atom is 0.333 e. The van der Waals surface area contributed by atoms with Crippen molar-refractivity contribution in [1.29, 1.82) is 0 Å². The van der Waals surface area contributed by atoms with Crippen molar-refractivity contribution in [3.8, 4) is 43.1 Å². The van der Waals surface area contributed by atoms with Gasteiger partial charge in [0.05, 0.1) is 11.4 Å². The highest BCUT2D eigenvalue weighted by Gasteiger charge is 2.48. The van der Waals surface area contributed by atoms with E-state index in [0.29, 0.717) is 0 Å². The molecule has 6 heteroatoms.